The number of aromatic nitrogens is 2. The average molecular weight is 233 g/mol. The Morgan fingerprint density at radius 2 is 2.18 bits per heavy atom. The molecule has 6 heteroatoms. The molecular weight excluding hydrogens is 225 g/mol. The normalized spacial score (nSPS) is 10.2. The van der Waals surface area contributed by atoms with E-state index in [-0.39, 0.29) is 16.9 Å². The van der Waals surface area contributed by atoms with Gasteiger partial charge in [0.15, 0.2) is 6.29 Å². The summed E-state index contributed by atoms with van der Waals surface area (Å²) in [6.07, 6.45) is 1.83. The summed E-state index contributed by atoms with van der Waals surface area (Å²) in [5.74, 6) is -1.33. The molecule has 2 aromatic rings. The Labute approximate surface area is 95.7 Å². The highest BCUT2D eigenvalue weighted by molar-refractivity contribution is 5.90. The zero-order valence-corrected chi connectivity index (χ0v) is 8.63. The first-order chi connectivity index (χ1) is 8.13. The van der Waals surface area contributed by atoms with Gasteiger partial charge in [-0.25, -0.2) is 9.07 Å². The summed E-state index contributed by atoms with van der Waals surface area (Å²) in [5, 5.41) is 3.85. The third-order valence-corrected chi connectivity index (χ3v) is 2.24. The number of hydrogen-bond donors (Lipinski definition) is 1. The number of primary amides is 1. The van der Waals surface area contributed by atoms with Gasteiger partial charge in [-0.15, -0.1) is 0 Å². The number of rotatable bonds is 3. The predicted molar refractivity (Wildman–Crippen MR) is 57.4 cm³/mol. The topological polar surface area (TPSA) is 78.0 Å². The first-order valence-corrected chi connectivity index (χ1v) is 4.73. The minimum absolute atomic E-state index is 0.0473. The second-order valence-corrected chi connectivity index (χ2v) is 3.30. The summed E-state index contributed by atoms with van der Waals surface area (Å²) in [6, 6.07) is 5.53. The highest BCUT2D eigenvalue weighted by Crippen LogP contribution is 2.15. The molecule has 1 aromatic carbocycles. The van der Waals surface area contributed by atoms with Crippen LogP contribution in [0.5, 0.6) is 0 Å². The van der Waals surface area contributed by atoms with Crippen molar-refractivity contribution >= 4 is 12.2 Å². The molecule has 0 unspecified atom stereocenters. The lowest BCUT2D eigenvalue weighted by molar-refractivity contribution is 0.0995. The first-order valence-electron chi connectivity index (χ1n) is 4.73. The zero-order chi connectivity index (χ0) is 12.4. The second-order valence-electron chi connectivity index (χ2n) is 3.30. The standard InChI is InChI=1S/C11H8FN3O2/c12-8-2-1-3-10(7(8)6-16)15-5-4-9(14-15)11(13)17/h1-6H,(H2,13,17). The van der Waals surface area contributed by atoms with Gasteiger partial charge in [0.05, 0.1) is 11.3 Å². The molecule has 1 heterocycles. The maximum Gasteiger partial charge on any atom is 0.269 e. The molecule has 0 radical (unpaired) electrons. The quantitative estimate of drug-likeness (QED) is 0.801. The molecule has 0 aliphatic carbocycles. The molecule has 5 nitrogen and oxygen atoms in total. The van der Waals surface area contributed by atoms with Crippen LogP contribution in [0.1, 0.15) is 20.8 Å². The van der Waals surface area contributed by atoms with Gasteiger partial charge < -0.3 is 5.73 Å². The lowest BCUT2D eigenvalue weighted by Gasteiger charge is -2.04. The van der Waals surface area contributed by atoms with Gasteiger partial charge in [0, 0.05) is 6.20 Å². The molecule has 17 heavy (non-hydrogen) atoms. The third-order valence-electron chi connectivity index (χ3n) is 2.24. The van der Waals surface area contributed by atoms with E-state index in [0.717, 1.165) is 0 Å². The van der Waals surface area contributed by atoms with Crippen LogP contribution in [0.25, 0.3) is 5.69 Å². The molecule has 0 aliphatic rings. The van der Waals surface area contributed by atoms with E-state index in [1.807, 2.05) is 0 Å². The number of carbonyl (C=O) groups excluding carboxylic acids is 2. The van der Waals surface area contributed by atoms with Crippen molar-refractivity contribution in [1.29, 1.82) is 0 Å². The molecular formula is C11H8FN3O2. The van der Waals surface area contributed by atoms with Crippen molar-refractivity contribution in [3.63, 3.8) is 0 Å². The molecule has 2 N–H and O–H groups in total. The Morgan fingerprint density at radius 3 is 2.76 bits per heavy atom. The van der Waals surface area contributed by atoms with Crippen molar-refractivity contribution in [2.45, 2.75) is 0 Å². The van der Waals surface area contributed by atoms with E-state index in [2.05, 4.69) is 5.10 Å². The zero-order valence-electron chi connectivity index (χ0n) is 8.63. The number of nitrogens with zero attached hydrogens (tertiary/aromatic N) is 2. The molecule has 1 aromatic heterocycles. The maximum absolute atomic E-state index is 13.3. The van der Waals surface area contributed by atoms with Crippen LogP contribution in [0.3, 0.4) is 0 Å². The van der Waals surface area contributed by atoms with Crippen molar-refractivity contribution in [2.24, 2.45) is 5.73 Å². The summed E-state index contributed by atoms with van der Waals surface area (Å²) < 4.78 is 14.6. The van der Waals surface area contributed by atoms with E-state index >= 15 is 0 Å². The number of hydrogen-bond acceptors (Lipinski definition) is 3. The fourth-order valence-corrected chi connectivity index (χ4v) is 1.43. The van der Waals surface area contributed by atoms with Crippen LogP contribution in [0.2, 0.25) is 0 Å². The number of nitrogens with two attached hydrogens (primary N) is 1. The fraction of sp³-hybridized carbons (Fsp3) is 0. The van der Waals surface area contributed by atoms with E-state index < -0.39 is 11.7 Å². The van der Waals surface area contributed by atoms with E-state index in [1.54, 1.807) is 0 Å². The molecule has 2 rings (SSSR count). The molecule has 0 atom stereocenters. The number of carbonyl (C=O) groups is 2. The number of aldehydes is 1. The molecule has 0 fully saturated rings. The summed E-state index contributed by atoms with van der Waals surface area (Å²) in [6.45, 7) is 0. The predicted octanol–water partition coefficient (Wildman–Crippen LogP) is 0.923. The monoisotopic (exact) mass is 233 g/mol. The highest BCUT2D eigenvalue weighted by Gasteiger charge is 2.11. The summed E-state index contributed by atoms with van der Waals surface area (Å²) in [7, 11) is 0. The minimum Gasteiger partial charge on any atom is -0.364 e. The van der Waals surface area contributed by atoms with Gasteiger partial charge in [-0.05, 0) is 18.2 Å². The van der Waals surface area contributed by atoms with Crippen molar-refractivity contribution < 1.29 is 14.0 Å². The fourth-order valence-electron chi connectivity index (χ4n) is 1.43. The van der Waals surface area contributed by atoms with Gasteiger partial charge in [0.1, 0.15) is 11.5 Å². The summed E-state index contributed by atoms with van der Waals surface area (Å²) >= 11 is 0. The van der Waals surface area contributed by atoms with Crippen LogP contribution in [0.15, 0.2) is 30.5 Å². The van der Waals surface area contributed by atoms with Gasteiger partial charge in [-0.2, -0.15) is 5.10 Å². The van der Waals surface area contributed by atoms with Gasteiger partial charge >= 0.3 is 0 Å². The van der Waals surface area contributed by atoms with Gasteiger partial charge in [-0.3, -0.25) is 9.59 Å². The van der Waals surface area contributed by atoms with Crippen molar-refractivity contribution in [1.82, 2.24) is 9.78 Å². The Balaban J connectivity index is 2.56. The van der Waals surface area contributed by atoms with Crippen LogP contribution in [-0.4, -0.2) is 22.0 Å². The van der Waals surface area contributed by atoms with Crippen molar-refractivity contribution in [2.75, 3.05) is 0 Å². The molecule has 0 bridgehead atoms. The largest absolute Gasteiger partial charge is 0.364 e. The Kier molecular flexibility index (Phi) is 2.70. The van der Waals surface area contributed by atoms with Gasteiger partial charge in [0.2, 0.25) is 0 Å². The molecule has 0 spiro atoms. The van der Waals surface area contributed by atoms with E-state index in [0.29, 0.717) is 6.29 Å². The third kappa shape index (κ3) is 1.92. The average Bonchev–Trinajstić information content (AvgIpc) is 2.77. The second kappa shape index (κ2) is 4.17. The lowest BCUT2D eigenvalue weighted by Crippen LogP contribution is -2.12. The summed E-state index contributed by atoms with van der Waals surface area (Å²) in [5.41, 5.74) is 5.23. The van der Waals surface area contributed by atoms with Crippen LogP contribution in [0, 0.1) is 5.82 Å². The maximum atomic E-state index is 13.3. The van der Waals surface area contributed by atoms with Crippen molar-refractivity contribution in [3.05, 3.63) is 47.5 Å². The Hall–Kier alpha value is -2.50. The lowest BCUT2D eigenvalue weighted by atomic mass is 10.2. The molecule has 86 valence electrons. The van der Waals surface area contributed by atoms with E-state index in [4.69, 9.17) is 5.73 Å². The molecule has 1 amide bonds. The first kappa shape index (κ1) is 11.0. The van der Waals surface area contributed by atoms with Crippen LogP contribution < -0.4 is 5.73 Å². The van der Waals surface area contributed by atoms with Crippen LogP contribution in [-0.2, 0) is 0 Å². The van der Waals surface area contributed by atoms with E-state index in [1.165, 1.54) is 35.1 Å². The smallest absolute Gasteiger partial charge is 0.269 e. The SMILES string of the molecule is NC(=O)c1ccn(-c2cccc(F)c2C=O)n1. The Bertz CT molecular complexity index is 592. The highest BCUT2D eigenvalue weighted by atomic mass is 19.1. The Morgan fingerprint density at radius 1 is 1.41 bits per heavy atom. The van der Waals surface area contributed by atoms with E-state index in [9.17, 15) is 14.0 Å². The number of amides is 1. The molecule has 0 aliphatic heterocycles. The van der Waals surface area contributed by atoms with Crippen LogP contribution in [0.4, 0.5) is 4.39 Å². The van der Waals surface area contributed by atoms with Gasteiger partial charge in [-0.1, -0.05) is 6.07 Å². The summed E-state index contributed by atoms with van der Waals surface area (Å²) in [4.78, 5) is 21.7. The van der Waals surface area contributed by atoms with Crippen LogP contribution >= 0.6 is 0 Å². The number of benzene rings is 1. The number of halogens is 1. The van der Waals surface area contributed by atoms with Gasteiger partial charge in [0.25, 0.3) is 5.91 Å². The minimum atomic E-state index is -0.687. The molecule has 0 saturated carbocycles. The van der Waals surface area contributed by atoms with Crippen molar-refractivity contribution in [3.8, 4) is 5.69 Å². The molecule has 0 saturated heterocycles.